The Morgan fingerprint density at radius 1 is 1.53 bits per heavy atom. The molecule has 19 heavy (non-hydrogen) atoms. The van der Waals surface area contributed by atoms with Gasteiger partial charge in [0, 0.05) is 18.2 Å². The third-order valence-electron chi connectivity index (χ3n) is 3.29. The highest BCUT2D eigenvalue weighted by atomic mass is 16.5. The number of aliphatic hydroxyl groups is 3. The first kappa shape index (κ1) is 13.9. The highest BCUT2D eigenvalue weighted by molar-refractivity contribution is 4.94. The Bertz CT molecular complexity index is 551. The van der Waals surface area contributed by atoms with E-state index in [1.165, 1.54) is 13.1 Å². The van der Waals surface area contributed by atoms with Crippen molar-refractivity contribution in [3.8, 4) is 0 Å². The molecule has 1 aliphatic heterocycles. The van der Waals surface area contributed by atoms with Crippen LogP contribution in [0.2, 0.25) is 0 Å². The summed E-state index contributed by atoms with van der Waals surface area (Å²) in [5.41, 5.74) is -1.28. The molecule has 2 rings (SSSR count). The number of aromatic nitrogens is 2. The third-order valence-corrected chi connectivity index (χ3v) is 3.29. The van der Waals surface area contributed by atoms with Crippen LogP contribution in [-0.2, 0) is 4.74 Å². The summed E-state index contributed by atoms with van der Waals surface area (Å²) < 4.78 is 6.41. The van der Waals surface area contributed by atoms with Crippen LogP contribution >= 0.6 is 0 Å². The molecular weight excluding hydrogens is 256 g/mol. The van der Waals surface area contributed by atoms with Gasteiger partial charge < -0.3 is 20.1 Å². The maximum Gasteiger partial charge on any atom is 0.330 e. The van der Waals surface area contributed by atoms with Gasteiger partial charge in [-0.05, 0) is 6.92 Å². The van der Waals surface area contributed by atoms with Crippen molar-refractivity contribution in [3.05, 3.63) is 33.1 Å². The van der Waals surface area contributed by atoms with E-state index in [0.717, 1.165) is 10.6 Å². The molecule has 1 aliphatic rings. The highest BCUT2D eigenvalue weighted by Gasteiger charge is 2.46. The fourth-order valence-corrected chi connectivity index (χ4v) is 2.38. The monoisotopic (exact) mass is 272 g/mol. The van der Waals surface area contributed by atoms with Gasteiger partial charge >= 0.3 is 5.69 Å². The molecule has 1 unspecified atom stereocenters. The summed E-state index contributed by atoms with van der Waals surface area (Å²) in [5.74, 6) is -0.714. The summed E-state index contributed by atoms with van der Waals surface area (Å²) in [4.78, 5) is 24.7. The molecule has 0 aromatic carbocycles. The van der Waals surface area contributed by atoms with Crippen molar-refractivity contribution in [2.45, 2.75) is 31.5 Å². The van der Waals surface area contributed by atoms with Crippen LogP contribution in [0.25, 0.3) is 0 Å². The van der Waals surface area contributed by atoms with Crippen LogP contribution in [0.3, 0.4) is 0 Å². The second kappa shape index (κ2) is 5.25. The van der Waals surface area contributed by atoms with Crippen molar-refractivity contribution in [1.82, 2.24) is 9.55 Å². The molecule has 8 nitrogen and oxygen atoms in total. The van der Waals surface area contributed by atoms with Crippen molar-refractivity contribution in [2.24, 2.45) is 5.92 Å². The smallest absolute Gasteiger partial charge is 0.330 e. The minimum Gasteiger partial charge on any atom is -0.394 e. The Hall–Kier alpha value is -1.48. The average molecular weight is 272 g/mol. The van der Waals surface area contributed by atoms with Crippen LogP contribution in [0.15, 0.2) is 21.9 Å². The van der Waals surface area contributed by atoms with E-state index in [1.54, 1.807) is 0 Å². The van der Waals surface area contributed by atoms with Crippen LogP contribution in [0.4, 0.5) is 0 Å². The lowest BCUT2D eigenvalue weighted by atomic mass is 9.93. The van der Waals surface area contributed by atoms with E-state index in [0.29, 0.717) is 0 Å². The zero-order chi connectivity index (χ0) is 14.2. The number of rotatable bonds is 3. The van der Waals surface area contributed by atoms with Gasteiger partial charge in [-0.1, -0.05) is 0 Å². The maximum absolute atomic E-state index is 11.6. The molecule has 0 radical (unpaired) electrons. The molecule has 4 N–H and O–H groups in total. The molecule has 2 heterocycles. The first-order valence-corrected chi connectivity index (χ1v) is 5.89. The molecule has 0 amide bonds. The number of ether oxygens (including phenoxy) is 1. The highest BCUT2D eigenvalue weighted by Crippen LogP contribution is 2.34. The van der Waals surface area contributed by atoms with Crippen molar-refractivity contribution in [3.63, 3.8) is 0 Å². The molecule has 5 atom stereocenters. The Balaban J connectivity index is 2.36. The normalized spacial score (nSPS) is 32.4. The lowest BCUT2D eigenvalue weighted by Crippen LogP contribution is -2.38. The molecule has 1 aromatic heterocycles. The summed E-state index contributed by atoms with van der Waals surface area (Å²) in [6, 6.07) is 1.13. The largest absolute Gasteiger partial charge is 0.394 e. The van der Waals surface area contributed by atoms with Gasteiger partial charge in [-0.2, -0.15) is 0 Å². The number of aromatic amines is 1. The van der Waals surface area contributed by atoms with Gasteiger partial charge in [-0.3, -0.25) is 14.3 Å². The quantitative estimate of drug-likeness (QED) is 0.494. The molecule has 1 fully saturated rings. The van der Waals surface area contributed by atoms with E-state index in [-0.39, 0.29) is 6.61 Å². The van der Waals surface area contributed by atoms with E-state index in [2.05, 4.69) is 0 Å². The molecule has 0 aliphatic carbocycles. The predicted molar refractivity (Wildman–Crippen MR) is 63.5 cm³/mol. The Kier molecular flexibility index (Phi) is 3.85. The standard InChI is InChI=1S/C11H16N2O6/c1-5(15)8-6(4-14)19-10(9(8)17)13-3-2-7(16)12-11(13)18/h2-3,5-6,8-10,14-15,17H,4H2,1H3,(H,12,16,18)/t5?,6-,8-,9-,10-/m1/s1. The average Bonchev–Trinajstić information content (AvgIpc) is 2.66. The molecule has 1 saturated heterocycles. The minimum atomic E-state index is -1.17. The Labute approximate surface area is 107 Å². The topological polar surface area (TPSA) is 125 Å². The lowest BCUT2D eigenvalue weighted by molar-refractivity contribution is -0.0546. The minimum absolute atomic E-state index is 0.388. The molecule has 106 valence electrons. The zero-order valence-corrected chi connectivity index (χ0v) is 10.3. The fourth-order valence-electron chi connectivity index (χ4n) is 2.38. The lowest BCUT2D eigenvalue weighted by Gasteiger charge is -2.21. The predicted octanol–water partition coefficient (Wildman–Crippen LogP) is -2.22. The van der Waals surface area contributed by atoms with Crippen LogP contribution in [0, 0.1) is 5.92 Å². The van der Waals surface area contributed by atoms with Gasteiger partial charge in [0.1, 0.15) is 6.10 Å². The molecule has 8 heteroatoms. The van der Waals surface area contributed by atoms with Gasteiger partial charge in [0.25, 0.3) is 5.56 Å². The summed E-state index contributed by atoms with van der Waals surface area (Å²) in [6.45, 7) is 1.08. The molecule has 1 aromatic rings. The Morgan fingerprint density at radius 2 is 2.21 bits per heavy atom. The Morgan fingerprint density at radius 3 is 2.68 bits per heavy atom. The molecule has 0 saturated carbocycles. The summed E-state index contributed by atoms with van der Waals surface area (Å²) >= 11 is 0. The fraction of sp³-hybridized carbons (Fsp3) is 0.636. The second-order valence-electron chi connectivity index (χ2n) is 4.57. The number of nitrogens with one attached hydrogen (secondary N) is 1. The van der Waals surface area contributed by atoms with Gasteiger partial charge in [0.05, 0.1) is 18.8 Å². The van der Waals surface area contributed by atoms with Crippen LogP contribution in [0.1, 0.15) is 13.2 Å². The van der Waals surface area contributed by atoms with E-state index in [9.17, 15) is 24.9 Å². The summed E-state index contributed by atoms with van der Waals surface area (Å²) in [6.07, 6.45) is -2.70. The second-order valence-corrected chi connectivity index (χ2v) is 4.57. The van der Waals surface area contributed by atoms with Crippen molar-refractivity contribution in [1.29, 1.82) is 0 Å². The molecular formula is C11H16N2O6. The SMILES string of the molecule is CC(O)[C@H]1[C@@H](O)[C@H](n2ccc(=O)[nH]c2=O)O[C@@H]1CO. The number of aliphatic hydroxyl groups excluding tert-OH is 3. The van der Waals surface area contributed by atoms with Crippen molar-refractivity contribution in [2.75, 3.05) is 6.61 Å². The number of hydrogen-bond donors (Lipinski definition) is 4. The van der Waals surface area contributed by atoms with Gasteiger partial charge in [0.2, 0.25) is 0 Å². The third kappa shape index (κ3) is 2.47. The molecule has 0 bridgehead atoms. The van der Waals surface area contributed by atoms with E-state index in [4.69, 9.17) is 4.74 Å². The molecule has 0 spiro atoms. The summed E-state index contributed by atoms with van der Waals surface area (Å²) in [7, 11) is 0. The van der Waals surface area contributed by atoms with Crippen molar-refractivity contribution < 1.29 is 20.1 Å². The maximum atomic E-state index is 11.6. The van der Waals surface area contributed by atoms with Crippen molar-refractivity contribution >= 4 is 0 Å². The number of nitrogens with zero attached hydrogens (tertiary/aromatic N) is 1. The van der Waals surface area contributed by atoms with E-state index < -0.39 is 41.7 Å². The van der Waals surface area contributed by atoms with Gasteiger partial charge in [0.15, 0.2) is 6.23 Å². The number of H-pyrrole nitrogens is 1. The zero-order valence-electron chi connectivity index (χ0n) is 10.3. The first-order chi connectivity index (χ1) is 8.95. The van der Waals surface area contributed by atoms with Crippen LogP contribution in [0.5, 0.6) is 0 Å². The van der Waals surface area contributed by atoms with E-state index >= 15 is 0 Å². The van der Waals surface area contributed by atoms with Gasteiger partial charge in [-0.15, -0.1) is 0 Å². The van der Waals surface area contributed by atoms with Crippen LogP contribution < -0.4 is 11.2 Å². The van der Waals surface area contributed by atoms with Crippen LogP contribution in [-0.4, -0.2) is 49.8 Å². The van der Waals surface area contributed by atoms with Gasteiger partial charge in [-0.25, -0.2) is 4.79 Å². The number of hydrogen-bond acceptors (Lipinski definition) is 6. The van der Waals surface area contributed by atoms with E-state index in [1.807, 2.05) is 4.98 Å². The summed E-state index contributed by atoms with van der Waals surface area (Å²) in [5, 5.41) is 28.9. The first-order valence-electron chi connectivity index (χ1n) is 5.89.